The maximum Gasteiger partial charge on any atom is 0.305 e. The molecular weight excluding hydrogens is 272 g/mol. The molecule has 5 heteroatoms. The summed E-state index contributed by atoms with van der Waals surface area (Å²) in [6, 6.07) is 7.76. The first-order valence-electron chi connectivity index (χ1n) is 6.77. The fourth-order valence-electron chi connectivity index (χ4n) is 2.19. The van der Waals surface area contributed by atoms with E-state index >= 15 is 0 Å². The number of hydrogen-bond acceptors (Lipinski definition) is 4. The standard InChI is InChI=1S/C15H20N2O2S/c1-4-17(5-2)10-13-14(16-15(18)20-13)11-8-6-7-9-12(11)19-3/h6-9H,4-5,10H2,1-3H3,(H,16,18). The van der Waals surface area contributed by atoms with Gasteiger partial charge in [0.15, 0.2) is 0 Å². The normalized spacial score (nSPS) is 11.0. The zero-order valence-electron chi connectivity index (χ0n) is 12.1. The number of hydrogen-bond donors (Lipinski definition) is 1. The topological polar surface area (TPSA) is 45.3 Å². The van der Waals surface area contributed by atoms with Crippen molar-refractivity contribution in [3.05, 3.63) is 38.8 Å². The van der Waals surface area contributed by atoms with Crippen LogP contribution in [0.15, 0.2) is 29.1 Å². The monoisotopic (exact) mass is 292 g/mol. The molecule has 2 rings (SSSR count). The van der Waals surface area contributed by atoms with Crippen molar-refractivity contribution < 1.29 is 4.74 Å². The molecule has 0 amide bonds. The molecule has 1 heterocycles. The van der Waals surface area contributed by atoms with Crippen LogP contribution in [0.5, 0.6) is 5.75 Å². The Balaban J connectivity index is 2.44. The Labute approximate surface area is 123 Å². The van der Waals surface area contributed by atoms with Gasteiger partial charge in [0.05, 0.1) is 12.8 Å². The second kappa shape index (κ2) is 6.72. The highest BCUT2D eigenvalue weighted by Crippen LogP contribution is 2.32. The number of rotatable bonds is 6. The van der Waals surface area contributed by atoms with Crippen LogP contribution in [0.2, 0.25) is 0 Å². The first-order chi connectivity index (χ1) is 9.69. The Morgan fingerprint density at radius 2 is 1.95 bits per heavy atom. The summed E-state index contributed by atoms with van der Waals surface area (Å²) < 4.78 is 5.39. The first kappa shape index (κ1) is 14.8. The molecule has 0 unspecified atom stereocenters. The molecule has 0 atom stereocenters. The number of ether oxygens (including phenoxy) is 1. The van der Waals surface area contributed by atoms with Crippen molar-refractivity contribution in [1.29, 1.82) is 0 Å². The molecule has 2 aromatic rings. The smallest absolute Gasteiger partial charge is 0.305 e. The highest BCUT2D eigenvalue weighted by atomic mass is 32.1. The Bertz CT molecular complexity index is 614. The lowest BCUT2D eigenvalue weighted by Gasteiger charge is -2.18. The molecule has 0 radical (unpaired) electrons. The number of para-hydroxylation sites is 1. The average Bonchev–Trinajstić information content (AvgIpc) is 2.85. The number of aromatic nitrogens is 1. The van der Waals surface area contributed by atoms with E-state index in [-0.39, 0.29) is 4.87 Å². The van der Waals surface area contributed by atoms with Gasteiger partial charge in [-0.15, -0.1) is 0 Å². The summed E-state index contributed by atoms with van der Waals surface area (Å²) in [6.07, 6.45) is 0. The molecule has 1 N–H and O–H groups in total. The van der Waals surface area contributed by atoms with E-state index in [9.17, 15) is 4.79 Å². The Hall–Kier alpha value is -1.59. The number of aromatic amines is 1. The lowest BCUT2D eigenvalue weighted by molar-refractivity contribution is 0.298. The van der Waals surface area contributed by atoms with Crippen LogP contribution in [0, 0.1) is 0 Å². The average molecular weight is 292 g/mol. The fourth-order valence-corrected chi connectivity index (χ4v) is 3.08. The lowest BCUT2D eigenvalue weighted by atomic mass is 10.1. The van der Waals surface area contributed by atoms with Crippen LogP contribution in [-0.4, -0.2) is 30.1 Å². The summed E-state index contributed by atoms with van der Waals surface area (Å²) in [5.41, 5.74) is 1.82. The molecule has 0 saturated carbocycles. The summed E-state index contributed by atoms with van der Waals surface area (Å²) >= 11 is 1.28. The summed E-state index contributed by atoms with van der Waals surface area (Å²) in [5.74, 6) is 0.780. The van der Waals surface area contributed by atoms with Crippen LogP contribution in [0.25, 0.3) is 11.3 Å². The third-order valence-corrected chi connectivity index (χ3v) is 4.23. The Morgan fingerprint density at radius 3 is 2.60 bits per heavy atom. The van der Waals surface area contributed by atoms with Crippen LogP contribution < -0.4 is 9.61 Å². The minimum Gasteiger partial charge on any atom is -0.496 e. The van der Waals surface area contributed by atoms with E-state index < -0.39 is 0 Å². The molecule has 0 fully saturated rings. The summed E-state index contributed by atoms with van der Waals surface area (Å²) in [7, 11) is 1.65. The second-order valence-electron chi connectivity index (χ2n) is 4.47. The minimum absolute atomic E-state index is 0.0203. The zero-order valence-corrected chi connectivity index (χ0v) is 12.9. The lowest BCUT2D eigenvalue weighted by Crippen LogP contribution is -2.21. The molecule has 108 valence electrons. The molecule has 1 aromatic carbocycles. The van der Waals surface area contributed by atoms with E-state index in [0.717, 1.165) is 41.5 Å². The number of nitrogens with zero attached hydrogens (tertiary/aromatic N) is 1. The van der Waals surface area contributed by atoms with Gasteiger partial charge >= 0.3 is 4.87 Å². The molecule has 0 bridgehead atoms. The van der Waals surface area contributed by atoms with Gasteiger partial charge in [-0.25, -0.2) is 0 Å². The maximum absolute atomic E-state index is 11.7. The molecular formula is C15H20N2O2S. The maximum atomic E-state index is 11.7. The summed E-state index contributed by atoms with van der Waals surface area (Å²) in [4.78, 5) is 18.0. The molecule has 1 aromatic heterocycles. The molecule has 0 aliphatic heterocycles. The SMILES string of the molecule is CCN(CC)Cc1sc(=O)[nH]c1-c1ccccc1OC. The van der Waals surface area contributed by atoms with Crippen LogP contribution in [0.4, 0.5) is 0 Å². The molecule has 20 heavy (non-hydrogen) atoms. The van der Waals surface area contributed by atoms with E-state index in [1.54, 1.807) is 7.11 Å². The fraction of sp³-hybridized carbons (Fsp3) is 0.400. The van der Waals surface area contributed by atoms with Gasteiger partial charge in [-0.05, 0) is 25.2 Å². The minimum atomic E-state index is -0.0203. The van der Waals surface area contributed by atoms with Gasteiger partial charge in [0.2, 0.25) is 0 Å². The van der Waals surface area contributed by atoms with Crippen LogP contribution in [0.3, 0.4) is 0 Å². The predicted molar refractivity (Wildman–Crippen MR) is 83.6 cm³/mol. The number of methoxy groups -OCH3 is 1. The van der Waals surface area contributed by atoms with Gasteiger partial charge < -0.3 is 9.72 Å². The molecule has 0 aliphatic rings. The quantitative estimate of drug-likeness (QED) is 0.890. The number of thiazole rings is 1. The molecule has 0 saturated heterocycles. The third-order valence-electron chi connectivity index (χ3n) is 3.36. The zero-order chi connectivity index (χ0) is 14.5. The highest BCUT2D eigenvalue weighted by Gasteiger charge is 2.15. The van der Waals surface area contributed by atoms with E-state index in [0.29, 0.717) is 0 Å². The van der Waals surface area contributed by atoms with Gasteiger partial charge in [-0.1, -0.05) is 37.3 Å². The second-order valence-corrected chi connectivity index (χ2v) is 5.54. The van der Waals surface area contributed by atoms with Crippen molar-refractivity contribution >= 4 is 11.3 Å². The van der Waals surface area contributed by atoms with Crippen LogP contribution in [0.1, 0.15) is 18.7 Å². The Morgan fingerprint density at radius 1 is 1.25 bits per heavy atom. The largest absolute Gasteiger partial charge is 0.496 e. The van der Waals surface area contributed by atoms with Gasteiger partial charge in [0, 0.05) is 17.0 Å². The van der Waals surface area contributed by atoms with Crippen LogP contribution >= 0.6 is 11.3 Å². The van der Waals surface area contributed by atoms with E-state index in [4.69, 9.17) is 4.74 Å². The number of nitrogens with one attached hydrogen (secondary N) is 1. The van der Waals surface area contributed by atoms with Crippen molar-refractivity contribution in [2.75, 3.05) is 20.2 Å². The van der Waals surface area contributed by atoms with Crippen molar-refractivity contribution in [3.63, 3.8) is 0 Å². The van der Waals surface area contributed by atoms with Gasteiger partial charge in [-0.2, -0.15) is 0 Å². The van der Waals surface area contributed by atoms with Crippen molar-refractivity contribution in [2.24, 2.45) is 0 Å². The van der Waals surface area contributed by atoms with Gasteiger partial charge in [-0.3, -0.25) is 9.69 Å². The number of H-pyrrole nitrogens is 1. The number of benzene rings is 1. The van der Waals surface area contributed by atoms with E-state index in [1.165, 1.54) is 11.3 Å². The van der Waals surface area contributed by atoms with Crippen LogP contribution in [-0.2, 0) is 6.54 Å². The van der Waals surface area contributed by atoms with Gasteiger partial charge in [0.1, 0.15) is 5.75 Å². The highest BCUT2D eigenvalue weighted by molar-refractivity contribution is 7.09. The molecule has 0 aliphatic carbocycles. The van der Waals surface area contributed by atoms with Crippen molar-refractivity contribution in [2.45, 2.75) is 20.4 Å². The van der Waals surface area contributed by atoms with Gasteiger partial charge in [0.25, 0.3) is 0 Å². The summed E-state index contributed by atoms with van der Waals surface area (Å²) in [5, 5.41) is 0. The predicted octanol–water partition coefficient (Wildman–Crippen LogP) is 2.95. The van der Waals surface area contributed by atoms with E-state index in [1.807, 2.05) is 24.3 Å². The first-order valence-corrected chi connectivity index (χ1v) is 7.59. The third kappa shape index (κ3) is 3.11. The molecule has 4 nitrogen and oxygen atoms in total. The summed E-state index contributed by atoms with van der Waals surface area (Å²) in [6.45, 7) is 6.97. The van der Waals surface area contributed by atoms with Crippen molar-refractivity contribution in [1.82, 2.24) is 9.88 Å². The van der Waals surface area contributed by atoms with Crippen molar-refractivity contribution in [3.8, 4) is 17.0 Å². The van der Waals surface area contributed by atoms with E-state index in [2.05, 4.69) is 23.7 Å². The Kier molecular flexibility index (Phi) is 4.98. The molecule has 0 spiro atoms.